The minimum Gasteiger partial charge on any atom is -0.204 e. The quantitative estimate of drug-likeness (QED) is 0.0513. The molecule has 0 unspecified atom stereocenters. The summed E-state index contributed by atoms with van der Waals surface area (Å²) in [6, 6.07) is 0. The average molecular weight is 992 g/mol. The lowest BCUT2D eigenvalue weighted by atomic mass is 10.0. The monoisotopic (exact) mass is 992 g/mol. The molecule has 0 saturated carbocycles. The van der Waals surface area contributed by atoms with Crippen LogP contribution in [0.3, 0.4) is 0 Å². The summed E-state index contributed by atoms with van der Waals surface area (Å²) in [6.07, 6.45) is 0. The van der Waals surface area contributed by atoms with Crippen molar-refractivity contribution in [3.8, 4) is 22.3 Å². The van der Waals surface area contributed by atoms with E-state index in [4.69, 9.17) is 0 Å². The molecule has 0 aliphatic carbocycles. The van der Waals surface area contributed by atoms with Gasteiger partial charge in [0.05, 0.1) is 22.3 Å². The summed E-state index contributed by atoms with van der Waals surface area (Å²) in [5.41, 5.74) is -13.1. The van der Waals surface area contributed by atoms with E-state index in [1.165, 1.54) is 0 Å². The first-order valence-electron chi connectivity index (χ1n) is 15.8. The first-order valence-corrected chi connectivity index (χ1v) is 17.8. The van der Waals surface area contributed by atoms with Gasteiger partial charge in [-0.3, -0.25) is 0 Å². The minimum absolute atomic E-state index is 3.18. The van der Waals surface area contributed by atoms with Crippen LogP contribution in [0.4, 0.5) is 123 Å². The van der Waals surface area contributed by atoms with E-state index in [0.29, 0.717) is 0 Å². The fourth-order valence-electron chi connectivity index (χ4n) is 6.63. The highest BCUT2D eigenvalue weighted by molar-refractivity contribution is 7.20. The van der Waals surface area contributed by atoms with Gasteiger partial charge in [0.15, 0.2) is 140 Å². The summed E-state index contributed by atoms with van der Waals surface area (Å²) in [6.45, 7) is 0. The smallest absolute Gasteiger partial charge is 0.204 e. The van der Waals surface area contributed by atoms with Gasteiger partial charge in [-0.25, -0.2) is 123 Å². The molecule has 0 heterocycles. The Hall–Kier alpha value is -6.42. The molecule has 0 fully saturated rings. The summed E-state index contributed by atoms with van der Waals surface area (Å²) >= 11 is 0. The van der Waals surface area contributed by atoms with Gasteiger partial charge in [-0.15, -0.1) is 0 Å². The van der Waals surface area contributed by atoms with Gasteiger partial charge in [-0.1, -0.05) is 0 Å². The van der Waals surface area contributed by atoms with Crippen LogP contribution in [-0.2, 0) is 0 Å². The zero-order valence-electron chi connectivity index (χ0n) is 29.1. The number of hydrogen-bond donors (Lipinski definition) is 0. The maximum absolute atomic E-state index is 16.7. The Morgan fingerprint density at radius 2 is 0.215 bits per heavy atom. The first kappa shape index (κ1) is 48.0. The van der Waals surface area contributed by atoms with Crippen LogP contribution in [-0.4, -0.2) is 8.07 Å². The lowest BCUT2D eigenvalue weighted by Gasteiger charge is -2.36. The second-order valence-corrected chi connectivity index (χ2v) is 16.0. The molecule has 0 aromatic heterocycles. The van der Waals surface area contributed by atoms with Crippen LogP contribution in [0, 0.1) is 163 Å². The maximum Gasteiger partial charge on any atom is 0.208 e. The van der Waals surface area contributed by atoms with Gasteiger partial charge in [-0.05, 0) is 0 Å². The van der Waals surface area contributed by atoms with Crippen molar-refractivity contribution in [2.24, 2.45) is 0 Å². The fourth-order valence-corrected chi connectivity index (χ4v) is 11.6. The van der Waals surface area contributed by atoms with E-state index in [9.17, 15) is 52.7 Å². The van der Waals surface area contributed by atoms with Crippen molar-refractivity contribution >= 4 is 28.8 Å². The SMILES string of the molecule is Fc1c(F)c(F)c(-c2c(F)c(F)c([Si](c3c(F)c(F)c(F)c(F)c3F)(c3c(F)c(F)c(F)c(F)c3F)c3c(F)c(F)c(-c4c(F)c(F)c(F)c(F)c4F)c(F)c3F)c(F)c2F)c(F)c1F. The molecule has 0 aliphatic rings. The van der Waals surface area contributed by atoms with E-state index < -0.39 is 214 Å². The Morgan fingerprint density at radius 1 is 0.123 bits per heavy atom. The second-order valence-electron chi connectivity index (χ2n) is 12.5. The van der Waals surface area contributed by atoms with Crippen molar-refractivity contribution in [3.63, 3.8) is 0 Å². The molecule has 0 nitrogen and oxygen atoms in total. The molecule has 0 atom stereocenters. The predicted molar refractivity (Wildman–Crippen MR) is 160 cm³/mol. The molecule has 0 aliphatic heterocycles. The topological polar surface area (TPSA) is 0 Å². The molecule has 0 N–H and O–H groups in total. The largest absolute Gasteiger partial charge is 0.208 e. The Balaban J connectivity index is 2.08. The summed E-state index contributed by atoms with van der Waals surface area (Å²) in [5, 5.41) is -15.8. The van der Waals surface area contributed by atoms with Crippen LogP contribution in [0.15, 0.2) is 0 Å². The van der Waals surface area contributed by atoms with E-state index in [2.05, 4.69) is 0 Å². The zero-order chi connectivity index (χ0) is 49.3. The number of rotatable bonds is 6. The second kappa shape index (κ2) is 15.9. The van der Waals surface area contributed by atoms with E-state index in [1.54, 1.807) is 0 Å². The molecule has 65 heavy (non-hydrogen) atoms. The average Bonchev–Trinajstić information content (AvgIpc) is 3.27. The van der Waals surface area contributed by atoms with Crippen LogP contribution in [0.2, 0.25) is 0 Å². The molecule has 0 saturated heterocycles. The van der Waals surface area contributed by atoms with E-state index in [0.717, 1.165) is 0 Å². The van der Waals surface area contributed by atoms with E-state index in [1.807, 2.05) is 0 Å². The van der Waals surface area contributed by atoms with Crippen LogP contribution < -0.4 is 20.7 Å². The molecule has 29 heteroatoms. The van der Waals surface area contributed by atoms with E-state index >= 15 is 70.2 Å². The molecule has 0 radical (unpaired) electrons. The normalized spacial score (nSPS) is 12.0. The molecule has 6 aromatic rings. The van der Waals surface area contributed by atoms with Crippen molar-refractivity contribution in [1.29, 1.82) is 0 Å². The van der Waals surface area contributed by atoms with Crippen molar-refractivity contribution in [2.45, 2.75) is 0 Å². The molecule has 0 amide bonds. The van der Waals surface area contributed by atoms with Gasteiger partial charge in [0.25, 0.3) is 0 Å². The maximum atomic E-state index is 16.7. The Morgan fingerprint density at radius 3 is 0.369 bits per heavy atom. The molecular formula is C36F28Si. The van der Waals surface area contributed by atoms with Gasteiger partial charge in [0, 0.05) is 20.7 Å². The minimum atomic E-state index is -9.36. The van der Waals surface area contributed by atoms with Gasteiger partial charge in [-0.2, -0.15) is 0 Å². The molecule has 6 rings (SSSR count). The molecule has 344 valence electrons. The third-order valence-corrected chi connectivity index (χ3v) is 14.1. The number of hydrogen-bond acceptors (Lipinski definition) is 0. The third-order valence-electron chi connectivity index (χ3n) is 9.37. The highest BCUT2D eigenvalue weighted by Crippen LogP contribution is 2.40. The summed E-state index contributed by atoms with van der Waals surface area (Å²) in [4.78, 5) is 0. The summed E-state index contributed by atoms with van der Waals surface area (Å²) in [5.74, 6) is -105. The Bertz CT molecular complexity index is 2760. The van der Waals surface area contributed by atoms with Crippen LogP contribution in [0.5, 0.6) is 0 Å². The van der Waals surface area contributed by atoms with Crippen molar-refractivity contribution in [1.82, 2.24) is 0 Å². The molecule has 0 bridgehead atoms. The number of halogens is 28. The zero-order valence-corrected chi connectivity index (χ0v) is 30.1. The molecule has 0 spiro atoms. The highest BCUT2D eigenvalue weighted by Gasteiger charge is 2.60. The van der Waals surface area contributed by atoms with Crippen LogP contribution in [0.1, 0.15) is 0 Å². The van der Waals surface area contributed by atoms with Crippen molar-refractivity contribution in [2.75, 3.05) is 0 Å². The van der Waals surface area contributed by atoms with Crippen LogP contribution in [0.25, 0.3) is 22.3 Å². The van der Waals surface area contributed by atoms with Crippen molar-refractivity contribution in [3.05, 3.63) is 163 Å². The lowest BCUT2D eigenvalue weighted by molar-refractivity contribution is 0.379. The first-order chi connectivity index (χ1) is 30.0. The van der Waals surface area contributed by atoms with Crippen molar-refractivity contribution < 1.29 is 123 Å². The lowest BCUT2D eigenvalue weighted by Crippen LogP contribution is -2.81. The Kier molecular flexibility index (Phi) is 11.8. The summed E-state index contributed by atoms with van der Waals surface area (Å²) < 4.78 is 428. The third kappa shape index (κ3) is 6.18. The van der Waals surface area contributed by atoms with Gasteiger partial charge >= 0.3 is 0 Å². The highest BCUT2D eigenvalue weighted by atomic mass is 28.3. The molecule has 6 aromatic carbocycles. The number of benzene rings is 6. The fraction of sp³-hybridized carbons (Fsp3) is 0. The van der Waals surface area contributed by atoms with Crippen LogP contribution >= 0.6 is 0 Å². The standard InChI is InChI=1S/C36F28Si/c37-5-1(6(38)14(46)17(49)13(5)45)3-9(41)25(57)33(26(58)10(3)42)65(35-29(61)21(53)19(51)22(54)30(35)62,36-31(63)23(55)20(52)24(56)32(36)64)34-27(59)11(43)4(12(44)28(34)60)2-7(39)15(47)18(50)16(48)8(2)40. The predicted octanol–water partition coefficient (Wildman–Crippen LogP) is 10.3. The molecular weight excluding hydrogens is 992 g/mol. The van der Waals surface area contributed by atoms with Gasteiger partial charge < -0.3 is 0 Å². The summed E-state index contributed by atoms with van der Waals surface area (Å²) in [7, 11) is -9.36. The van der Waals surface area contributed by atoms with E-state index in [-0.39, 0.29) is 0 Å². The van der Waals surface area contributed by atoms with Gasteiger partial charge in [0.1, 0.15) is 0 Å². The Labute approximate surface area is 337 Å². The van der Waals surface area contributed by atoms with Gasteiger partial charge in [0.2, 0.25) is 31.3 Å².